The molecule has 22 heavy (non-hydrogen) atoms. The van der Waals surface area contributed by atoms with Gasteiger partial charge in [0.2, 0.25) is 0 Å². The molecular formula is C16H19ClN4O. The maximum atomic E-state index is 11.8. The van der Waals surface area contributed by atoms with Gasteiger partial charge in [-0.15, -0.1) is 10.2 Å². The monoisotopic (exact) mass is 318 g/mol. The molecule has 116 valence electrons. The molecule has 0 atom stereocenters. The number of hydrogen-bond donors (Lipinski definition) is 2. The lowest BCUT2D eigenvalue weighted by atomic mass is 10.2. The molecule has 0 unspecified atom stereocenters. The quantitative estimate of drug-likeness (QED) is 0.769. The van der Waals surface area contributed by atoms with Crippen LogP contribution in [-0.2, 0) is 6.54 Å². The van der Waals surface area contributed by atoms with Crippen molar-refractivity contribution in [2.75, 3.05) is 11.9 Å². The predicted octanol–water partition coefficient (Wildman–Crippen LogP) is 3.27. The van der Waals surface area contributed by atoms with Crippen LogP contribution >= 0.6 is 11.6 Å². The van der Waals surface area contributed by atoms with Crippen LogP contribution < -0.4 is 10.6 Å². The Kier molecular flexibility index (Phi) is 6.15. The number of carbonyl (C=O) groups is 1. The van der Waals surface area contributed by atoms with E-state index in [1.807, 2.05) is 24.3 Å². The van der Waals surface area contributed by atoms with E-state index in [0.717, 1.165) is 18.4 Å². The first-order valence-corrected chi connectivity index (χ1v) is 7.67. The highest BCUT2D eigenvalue weighted by atomic mass is 35.5. The molecule has 5 nitrogen and oxygen atoms in total. The van der Waals surface area contributed by atoms with Crippen LogP contribution in [0.15, 0.2) is 36.4 Å². The van der Waals surface area contributed by atoms with Gasteiger partial charge in [-0.3, -0.25) is 4.79 Å². The van der Waals surface area contributed by atoms with Crippen LogP contribution in [0.2, 0.25) is 5.02 Å². The minimum atomic E-state index is -0.196. The first kappa shape index (κ1) is 16.2. The number of anilines is 1. The maximum Gasteiger partial charge on any atom is 0.271 e. The summed E-state index contributed by atoms with van der Waals surface area (Å²) in [5.41, 5.74) is 1.30. The summed E-state index contributed by atoms with van der Waals surface area (Å²) in [7, 11) is 0. The van der Waals surface area contributed by atoms with Gasteiger partial charge in [-0.1, -0.05) is 43.1 Å². The minimum absolute atomic E-state index is 0.196. The smallest absolute Gasteiger partial charge is 0.271 e. The second-order valence-corrected chi connectivity index (χ2v) is 5.27. The number of carbonyl (C=O) groups excluding carboxylic acids is 1. The van der Waals surface area contributed by atoms with E-state index in [1.54, 1.807) is 12.1 Å². The standard InChI is InChI=1S/C16H19ClN4O/c1-2-3-10-18-16(22)14-8-9-15(21-20-14)19-11-12-6-4-5-7-13(12)17/h4-9H,2-3,10-11H2,1H3,(H,18,22)(H,19,21). The molecular weight excluding hydrogens is 300 g/mol. The molecule has 2 N–H and O–H groups in total. The molecule has 1 amide bonds. The van der Waals surface area contributed by atoms with Crippen molar-refractivity contribution in [2.24, 2.45) is 0 Å². The fraction of sp³-hybridized carbons (Fsp3) is 0.312. The summed E-state index contributed by atoms with van der Waals surface area (Å²) < 4.78 is 0. The number of benzene rings is 1. The van der Waals surface area contributed by atoms with Crippen LogP contribution in [-0.4, -0.2) is 22.6 Å². The number of hydrogen-bond acceptors (Lipinski definition) is 4. The van der Waals surface area contributed by atoms with Crippen LogP contribution in [0.25, 0.3) is 0 Å². The third kappa shape index (κ3) is 4.70. The number of unbranched alkanes of at least 4 members (excludes halogenated alkanes) is 1. The molecule has 6 heteroatoms. The van der Waals surface area contributed by atoms with E-state index in [1.165, 1.54) is 0 Å². The lowest BCUT2D eigenvalue weighted by Crippen LogP contribution is -2.25. The number of halogens is 1. The Hall–Kier alpha value is -2.14. The highest BCUT2D eigenvalue weighted by Gasteiger charge is 2.07. The Morgan fingerprint density at radius 3 is 2.68 bits per heavy atom. The Labute approximate surface area is 135 Å². The van der Waals surface area contributed by atoms with Gasteiger partial charge in [0.1, 0.15) is 5.82 Å². The van der Waals surface area contributed by atoms with Crippen LogP contribution in [0.5, 0.6) is 0 Å². The summed E-state index contributed by atoms with van der Waals surface area (Å²) in [6.07, 6.45) is 1.99. The Bertz CT molecular complexity index is 616. The number of nitrogens with one attached hydrogen (secondary N) is 2. The van der Waals surface area contributed by atoms with E-state index in [9.17, 15) is 4.79 Å². The average molecular weight is 319 g/mol. The van der Waals surface area contributed by atoms with E-state index in [4.69, 9.17) is 11.6 Å². The molecule has 1 heterocycles. The van der Waals surface area contributed by atoms with Gasteiger partial charge in [0.05, 0.1) is 0 Å². The van der Waals surface area contributed by atoms with Crippen LogP contribution in [0.3, 0.4) is 0 Å². The number of aromatic nitrogens is 2. The number of rotatable bonds is 7. The average Bonchev–Trinajstić information content (AvgIpc) is 2.55. The van der Waals surface area contributed by atoms with Crippen LogP contribution in [0.4, 0.5) is 5.82 Å². The summed E-state index contributed by atoms with van der Waals surface area (Å²) in [6, 6.07) is 11.0. The van der Waals surface area contributed by atoms with E-state index in [2.05, 4.69) is 27.8 Å². The molecule has 0 radical (unpaired) electrons. The fourth-order valence-corrected chi connectivity index (χ4v) is 2.05. The highest BCUT2D eigenvalue weighted by Crippen LogP contribution is 2.16. The molecule has 1 aromatic heterocycles. The van der Waals surface area contributed by atoms with Crippen molar-refractivity contribution in [3.8, 4) is 0 Å². The van der Waals surface area contributed by atoms with Crippen LogP contribution in [0.1, 0.15) is 35.8 Å². The largest absolute Gasteiger partial charge is 0.364 e. The summed E-state index contributed by atoms with van der Waals surface area (Å²) in [4.78, 5) is 11.8. The topological polar surface area (TPSA) is 66.9 Å². The Balaban J connectivity index is 1.89. The van der Waals surface area contributed by atoms with E-state index >= 15 is 0 Å². The van der Waals surface area contributed by atoms with Gasteiger partial charge in [0.15, 0.2) is 5.69 Å². The Morgan fingerprint density at radius 1 is 1.18 bits per heavy atom. The zero-order valence-corrected chi connectivity index (χ0v) is 13.2. The van der Waals surface area contributed by atoms with Crippen molar-refractivity contribution < 1.29 is 4.79 Å². The third-order valence-electron chi connectivity index (χ3n) is 3.13. The lowest BCUT2D eigenvalue weighted by Gasteiger charge is -2.07. The van der Waals surface area contributed by atoms with Gasteiger partial charge < -0.3 is 10.6 Å². The van der Waals surface area contributed by atoms with Gasteiger partial charge in [0.25, 0.3) is 5.91 Å². The van der Waals surface area contributed by atoms with Gasteiger partial charge >= 0.3 is 0 Å². The van der Waals surface area contributed by atoms with E-state index < -0.39 is 0 Å². The molecule has 2 rings (SSSR count). The fourth-order valence-electron chi connectivity index (χ4n) is 1.84. The van der Waals surface area contributed by atoms with Crippen molar-refractivity contribution in [3.63, 3.8) is 0 Å². The van der Waals surface area contributed by atoms with Gasteiger partial charge in [-0.2, -0.15) is 0 Å². The van der Waals surface area contributed by atoms with Gasteiger partial charge in [-0.05, 0) is 30.2 Å². The molecule has 0 spiro atoms. The summed E-state index contributed by atoms with van der Waals surface area (Å²) in [6.45, 7) is 3.28. The first-order chi connectivity index (χ1) is 10.7. The molecule has 0 aliphatic carbocycles. The normalized spacial score (nSPS) is 10.3. The molecule has 0 saturated heterocycles. The number of amides is 1. The zero-order valence-electron chi connectivity index (χ0n) is 12.5. The maximum absolute atomic E-state index is 11.8. The minimum Gasteiger partial charge on any atom is -0.364 e. The molecule has 0 saturated carbocycles. The van der Waals surface area contributed by atoms with Crippen molar-refractivity contribution in [1.29, 1.82) is 0 Å². The second-order valence-electron chi connectivity index (χ2n) is 4.86. The van der Waals surface area contributed by atoms with Crippen molar-refractivity contribution in [1.82, 2.24) is 15.5 Å². The molecule has 0 fully saturated rings. The molecule has 1 aromatic carbocycles. The van der Waals surface area contributed by atoms with Gasteiger partial charge in [-0.25, -0.2) is 0 Å². The van der Waals surface area contributed by atoms with Gasteiger partial charge in [0, 0.05) is 18.1 Å². The number of nitrogens with zero attached hydrogens (tertiary/aromatic N) is 2. The molecule has 0 aliphatic rings. The summed E-state index contributed by atoms with van der Waals surface area (Å²) in [5.74, 6) is 0.406. The summed E-state index contributed by atoms with van der Waals surface area (Å²) >= 11 is 6.09. The molecule has 0 bridgehead atoms. The first-order valence-electron chi connectivity index (χ1n) is 7.30. The molecule has 2 aromatic rings. The van der Waals surface area contributed by atoms with Crippen LogP contribution in [0, 0.1) is 0 Å². The lowest BCUT2D eigenvalue weighted by molar-refractivity contribution is 0.0947. The SMILES string of the molecule is CCCCNC(=O)c1ccc(NCc2ccccc2Cl)nn1. The van der Waals surface area contributed by atoms with Crippen molar-refractivity contribution >= 4 is 23.3 Å². The van der Waals surface area contributed by atoms with E-state index in [-0.39, 0.29) is 5.91 Å². The Morgan fingerprint density at radius 2 is 2.00 bits per heavy atom. The highest BCUT2D eigenvalue weighted by molar-refractivity contribution is 6.31. The summed E-state index contributed by atoms with van der Waals surface area (Å²) in [5, 5.41) is 14.6. The van der Waals surface area contributed by atoms with Crippen molar-refractivity contribution in [3.05, 3.63) is 52.7 Å². The molecule has 0 aliphatic heterocycles. The third-order valence-corrected chi connectivity index (χ3v) is 3.50. The zero-order chi connectivity index (χ0) is 15.8. The van der Waals surface area contributed by atoms with E-state index in [0.29, 0.717) is 29.6 Å². The predicted molar refractivity (Wildman–Crippen MR) is 88.1 cm³/mol. The second kappa shape index (κ2) is 8.34. The van der Waals surface area contributed by atoms with Crippen molar-refractivity contribution in [2.45, 2.75) is 26.3 Å².